The van der Waals surface area contributed by atoms with Gasteiger partial charge < -0.3 is 5.73 Å². The first-order valence-electron chi connectivity index (χ1n) is 6.73. The van der Waals surface area contributed by atoms with E-state index >= 15 is 0 Å². The lowest BCUT2D eigenvalue weighted by atomic mass is 9.85. The van der Waals surface area contributed by atoms with Gasteiger partial charge in [0.1, 0.15) is 0 Å². The molecule has 0 aliphatic heterocycles. The van der Waals surface area contributed by atoms with Crippen molar-refractivity contribution in [1.29, 1.82) is 0 Å². The van der Waals surface area contributed by atoms with Crippen LogP contribution in [0.15, 0.2) is 0 Å². The van der Waals surface area contributed by atoms with Crippen LogP contribution >= 0.6 is 12.2 Å². The molecule has 4 nitrogen and oxygen atoms in total. The van der Waals surface area contributed by atoms with Crippen molar-refractivity contribution in [2.24, 2.45) is 5.73 Å². The van der Waals surface area contributed by atoms with E-state index in [2.05, 4.69) is 4.72 Å². The minimum absolute atomic E-state index is 0.136. The summed E-state index contributed by atoms with van der Waals surface area (Å²) in [6.45, 7) is 1.85. The molecule has 18 heavy (non-hydrogen) atoms. The van der Waals surface area contributed by atoms with E-state index in [4.69, 9.17) is 18.0 Å². The molecular weight excluding hydrogens is 268 g/mol. The Bertz CT molecular complexity index is 372. The minimum atomic E-state index is -3.28. The maximum atomic E-state index is 12.0. The Morgan fingerprint density at radius 2 is 1.72 bits per heavy atom. The first-order chi connectivity index (χ1) is 8.42. The Hall–Kier alpha value is -0.200. The Morgan fingerprint density at radius 1 is 1.22 bits per heavy atom. The summed E-state index contributed by atoms with van der Waals surface area (Å²) in [4.78, 5) is 0.295. The lowest BCUT2D eigenvalue weighted by Crippen LogP contribution is -2.57. The van der Waals surface area contributed by atoms with E-state index in [0.29, 0.717) is 11.4 Å². The minimum Gasteiger partial charge on any atom is -0.392 e. The Labute approximate surface area is 116 Å². The first-order valence-corrected chi connectivity index (χ1v) is 8.79. The standard InChI is InChI=1S/C12H24N2O2S2/c1-2-10-18(15,16)14-12(11(13)17)8-6-4-3-5-7-9-12/h14H,2-10H2,1H3,(H2,13,17). The quantitative estimate of drug-likeness (QED) is 0.761. The monoisotopic (exact) mass is 292 g/mol. The van der Waals surface area contributed by atoms with Gasteiger partial charge in [0.2, 0.25) is 10.0 Å². The van der Waals surface area contributed by atoms with Crippen LogP contribution in [0.3, 0.4) is 0 Å². The fourth-order valence-corrected chi connectivity index (χ4v) is 4.39. The van der Waals surface area contributed by atoms with Crippen molar-refractivity contribution in [3.05, 3.63) is 0 Å². The van der Waals surface area contributed by atoms with Crippen LogP contribution in [0.1, 0.15) is 58.3 Å². The van der Waals surface area contributed by atoms with Crippen molar-refractivity contribution in [3.63, 3.8) is 0 Å². The van der Waals surface area contributed by atoms with Gasteiger partial charge in [-0.1, -0.05) is 51.2 Å². The molecule has 0 unspecified atom stereocenters. The number of nitrogens with one attached hydrogen (secondary N) is 1. The van der Waals surface area contributed by atoms with E-state index in [1.165, 1.54) is 6.42 Å². The predicted octanol–water partition coefficient (Wildman–Crippen LogP) is 2.08. The maximum absolute atomic E-state index is 12.0. The zero-order valence-electron chi connectivity index (χ0n) is 11.1. The van der Waals surface area contributed by atoms with Gasteiger partial charge in [-0.05, 0) is 19.3 Å². The molecule has 0 radical (unpaired) electrons. The normalized spacial score (nSPS) is 20.9. The average molecular weight is 292 g/mol. The predicted molar refractivity (Wildman–Crippen MR) is 79.0 cm³/mol. The molecule has 0 aromatic heterocycles. The van der Waals surface area contributed by atoms with E-state index in [-0.39, 0.29) is 5.75 Å². The molecule has 106 valence electrons. The van der Waals surface area contributed by atoms with Gasteiger partial charge in [0.15, 0.2) is 0 Å². The third kappa shape index (κ3) is 4.48. The number of hydrogen-bond acceptors (Lipinski definition) is 3. The molecule has 0 aromatic carbocycles. The summed E-state index contributed by atoms with van der Waals surface area (Å²) >= 11 is 5.14. The molecular formula is C12H24N2O2S2. The van der Waals surface area contributed by atoms with Crippen LogP contribution in [-0.4, -0.2) is 24.7 Å². The highest BCUT2D eigenvalue weighted by Gasteiger charge is 2.36. The summed E-state index contributed by atoms with van der Waals surface area (Å²) in [6.07, 6.45) is 7.48. The first kappa shape index (κ1) is 15.9. The van der Waals surface area contributed by atoms with Crippen molar-refractivity contribution in [2.45, 2.75) is 63.8 Å². The van der Waals surface area contributed by atoms with Crippen molar-refractivity contribution in [2.75, 3.05) is 5.75 Å². The molecule has 0 bridgehead atoms. The van der Waals surface area contributed by atoms with E-state index in [0.717, 1.165) is 38.5 Å². The molecule has 1 fully saturated rings. The third-order valence-electron chi connectivity index (χ3n) is 3.50. The van der Waals surface area contributed by atoms with E-state index in [9.17, 15) is 8.42 Å². The van der Waals surface area contributed by atoms with Gasteiger partial charge in [0, 0.05) is 0 Å². The summed E-state index contributed by atoms with van der Waals surface area (Å²) in [7, 11) is -3.28. The number of hydrogen-bond donors (Lipinski definition) is 2. The molecule has 1 saturated carbocycles. The topological polar surface area (TPSA) is 72.2 Å². The fourth-order valence-electron chi connectivity index (χ4n) is 2.53. The van der Waals surface area contributed by atoms with Crippen LogP contribution < -0.4 is 10.5 Å². The smallest absolute Gasteiger partial charge is 0.212 e. The lowest BCUT2D eigenvalue weighted by Gasteiger charge is -2.35. The second-order valence-corrected chi connectivity index (χ2v) is 7.42. The second kappa shape index (κ2) is 6.82. The molecule has 1 rings (SSSR count). The van der Waals surface area contributed by atoms with Crippen LogP contribution in [0.4, 0.5) is 0 Å². The number of thiocarbonyl (C=S) groups is 1. The van der Waals surface area contributed by atoms with Gasteiger partial charge in [0.05, 0.1) is 16.3 Å². The van der Waals surface area contributed by atoms with Crippen LogP contribution in [0, 0.1) is 0 Å². The molecule has 1 aliphatic carbocycles. The summed E-state index contributed by atoms with van der Waals surface area (Å²) in [5.41, 5.74) is 5.14. The molecule has 0 spiro atoms. The summed E-state index contributed by atoms with van der Waals surface area (Å²) < 4.78 is 26.7. The van der Waals surface area contributed by atoms with Crippen LogP contribution in [-0.2, 0) is 10.0 Å². The van der Waals surface area contributed by atoms with E-state index < -0.39 is 15.6 Å². The SMILES string of the molecule is CCCS(=O)(=O)NC1(C(N)=S)CCCCCCC1. The molecule has 0 saturated heterocycles. The van der Waals surface area contributed by atoms with Crippen LogP contribution in [0.25, 0.3) is 0 Å². The van der Waals surface area contributed by atoms with Crippen LogP contribution in [0.2, 0.25) is 0 Å². The molecule has 6 heteroatoms. The highest BCUT2D eigenvalue weighted by Crippen LogP contribution is 2.27. The Balaban J connectivity index is 2.87. The van der Waals surface area contributed by atoms with Gasteiger partial charge in [-0.2, -0.15) is 0 Å². The zero-order valence-corrected chi connectivity index (χ0v) is 12.7. The Kier molecular flexibility index (Phi) is 6.01. The van der Waals surface area contributed by atoms with E-state index in [1.807, 2.05) is 6.92 Å². The lowest BCUT2D eigenvalue weighted by molar-refractivity contribution is 0.371. The number of rotatable bonds is 5. The summed E-state index contributed by atoms with van der Waals surface area (Å²) in [5, 5.41) is 0. The van der Waals surface area contributed by atoms with Gasteiger partial charge in [0.25, 0.3) is 0 Å². The fraction of sp³-hybridized carbons (Fsp3) is 0.917. The second-order valence-electron chi connectivity index (χ2n) is 5.14. The van der Waals surface area contributed by atoms with Gasteiger partial charge >= 0.3 is 0 Å². The van der Waals surface area contributed by atoms with Gasteiger partial charge in [-0.25, -0.2) is 13.1 Å². The summed E-state index contributed by atoms with van der Waals surface area (Å²) in [6, 6.07) is 0. The van der Waals surface area contributed by atoms with Crippen molar-refractivity contribution in [1.82, 2.24) is 4.72 Å². The van der Waals surface area contributed by atoms with E-state index in [1.54, 1.807) is 0 Å². The largest absolute Gasteiger partial charge is 0.392 e. The van der Waals surface area contributed by atoms with Crippen molar-refractivity contribution < 1.29 is 8.42 Å². The van der Waals surface area contributed by atoms with Crippen molar-refractivity contribution >= 4 is 27.2 Å². The summed E-state index contributed by atoms with van der Waals surface area (Å²) in [5.74, 6) is 0.136. The molecule has 0 aromatic rings. The molecule has 0 amide bonds. The van der Waals surface area contributed by atoms with Crippen LogP contribution in [0.5, 0.6) is 0 Å². The zero-order chi connectivity index (χ0) is 13.6. The molecule has 3 N–H and O–H groups in total. The number of nitrogens with two attached hydrogens (primary N) is 1. The molecule has 0 heterocycles. The highest BCUT2D eigenvalue weighted by molar-refractivity contribution is 7.89. The average Bonchev–Trinajstić information content (AvgIpc) is 2.21. The van der Waals surface area contributed by atoms with Crippen molar-refractivity contribution in [3.8, 4) is 0 Å². The molecule has 0 atom stereocenters. The number of sulfonamides is 1. The van der Waals surface area contributed by atoms with Gasteiger partial charge in [-0.3, -0.25) is 0 Å². The molecule has 1 aliphatic rings. The maximum Gasteiger partial charge on any atom is 0.212 e. The Morgan fingerprint density at radius 3 is 2.17 bits per heavy atom. The van der Waals surface area contributed by atoms with Gasteiger partial charge in [-0.15, -0.1) is 0 Å². The third-order valence-corrected chi connectivity index (χ3v) is 5.54. The highest BCUT2D eigenvalue weighted by atomic mass is 32.2.